The maximum Gasteiger partial charge on any atom is 0.490 e. The van der Waals surface area contributed by atoms with Crippen LogP contribution >= 0.6 is 11.6 Å². The number of halogens is 4. The normalized spacial score (nSPS) is 13.8. The van der Waals surface area contributed by atoms with Gasteiger partial charge in [0.05, 0.1) is 12.1 Å². The second-order valence-electron chi connectivity index (χ2n) is 8.39. The fourth-order valence-corrected chi connectivity index (χ4v) is 3.75. The molecule has 1 aliphatic heterocycles. The highest BCUT2D eigenvalue weighted by Crippen LogP contribution is 2.20. The van der Waals surface area contributed by atoms with Crippen LogP contribution in [0.25, 0.3) is 0 Å². The van der Waals surface area contributed by atoms with Gasteiger partial charge < -0.3 is 25.3 Å². The Morgan fingerprint density at radius 1 is 0.872 bits per heavy atom. The van der Waals surface area contributed by atoms with Gasteiger partial charge in [-0.15, -0.1) is 0 Å². The van der Waals surface area contributed by atoms with E-state index in [9.17, 15) is 18.0 Å². The molecule has 0 bridgehead atoms. The van der Waals surface area contributed by atoms with Crippen molar-refractivity contribution in [3.05, 3.63) is 95.0 Å². The van der Waals surface area contributed by atoms with E-state index in [1.807, 2.05) is 42.5 Å². The number of nitrogens with one attached hydrogen (secondary N) is 1. The Balaban J connectivity index is 0.000000532. The predicted molar refractivity (Wildman–Crippen MR) is 144 cm³/mol. The number of benzene rings is 3. The van der Waals surface area contributed by atoms with Crippen LogP contribution in [-0.4, -0.2) is 65.4 Å². The molecular formula is C27H26ClF3N4O4. The maximum atomic E-state index is 11.1. The third kappa shape index (κ3) is 9.22. The zero-order valence-electron chi connectivity index (χ0n) is 20.6. The lowest BCUT2D eigenvalue weighted by atomic mass is 10.2. The summed E-state index contributed by atoms with van der Waals surface area (Å²) in [5.41, 5.74) is 3.36. The van der Waals surface area contributed by atoms with Gasteiger partial charge >= 0.3 is 18.1 Å². The smallest absolute Gasteiger partial charge is 0.478 e. The van der Waals surface area contributed by atoms with Crippen LogP contribution in [0.3, 0.4) is 0 Å². The second kappa shape index (κ2) is 13.5. The summed E-state index contributed by atoms with van der Waals surface area (Å²) in [5, 5.41) is 20.4. The first-order valence-corrected chi connectivity index (χ1v) is 12.1. The van der Waals surface area contributed by atoms with Gasteiger partial charge in [-0.25, -0.2) is 14.6 Å². The van der Waals surface area contributed by atoms with Crippen molar-refractivity contribution in [1.29, 1.82) is 0 Å². The molecule has 0 atom stereocenters. The number of carbonyl (C=O) groups is 2. The number of carboxylic acids is 2. The van der Waals surface area contributed by atoms with Crippen molar-refractivity contribution in [2.75, 3.05) is 36.4 Å². The van der Waals surface area contributed by atoms with Crippen molar-refractivity contribution < 1.29 is 33.0 Å². The first kappa shape index (κ1) is 29.3. The number of guanidine groups is 1. The van der Waals surface area contributed by atoms with Crippen molar-refractivity contribution in [2.45, 2.75) is 12.7 Å². The van der Waals surface area contributed by atoms with Crippen molar-refractivity contribution in [1.82, 2.24) is 4.90 Å². The van der Waals surface area contributed by atoms with Gasteiger partial charge in [-0.3, -0.25) is 0 Å². The van der Waals surface area contributed by atoms with E-state index in [1.165, 1.54) is 0 Å². The number of hydrogen-bond donors (Lipinski definition) is 3. The van der Waals surface area contributed by atoms with Crippen LogP contribution in [0.5, 0.6) is 0 Å². The molecule has 3 N–H and O–H groups in total. The molecule has 0 saturated carbocycles. The van der Waals surface area contributed by atoms with Crippen LogP contribution in [0.1, 0.15) is 15.9 Å². The Bertz CT molecular complexity index is 1260. The highest BCUT2D eigenvalue weighted by Gasteiger charge is 2.38. The lowest BCUT2D eigenvalue weighted by Gasteiger charge is -2.37. The monoisotopic (exact) mass is 562 g/mol. The molecule has 206 valence electrons. The van der Waals surface area contributed by atoms with Gasteiger partial charge in [-0.05, 0) is 54.1 Å². The Morgan fingerprint density at radius 3 is 1.95 bits per heavy atom. The minimum atomic E-state index is -5.08. The molecule has 0 unspecified atom stereocenters. The van der Waals surface area contributed by atoms with Crippen LogP contribution in [0, 0.1) is 0 Å². The number of rotatable bonds is 5. The number of aromatic carboxylic acids is 1. The first-order chi connectivity index (χ1) is 18.5. The highest BCUT2D eigenvalue weighted by atomic mass is 35.5. The molecule has 0 amide bonds. The molecule has 39 heavy (non-hydrogen) atoms. The van der Waals surface area contributed by atoms with Crippen LogP contribution in [0.4, 0.5) is 24.5 Å². The summed E-state index contributed by atoms with van der Waals surface area (Å²) in [5.74, 6) is -2.91. The summed E-state index contributed by atoms with van der Waals surface area (Å²) < 4.78 is 31.7. The summed E-state index contributed by atoms with van der Waals surface area (Å²) in [4.78, 5) is 29.5. The average molecular weight is 563 g/mol. The van der Waals surface area contributed by atoms with Gasteiger partial charge in [0, 0.05) is 42.6 Å². The molecule has 3 aromatic carbocycles. The zero-order valence-corrected chi connectivity index (χ0v) is 21.4. The molecule has 0 aliphatic carbocycles. The first-order valence-electron chi connectivity index (χ1n) is 11.8. The number of piperazine rings is 1. The van der Waals surface area contributed by atoms with Gasteiger partial charge in [-0.1, -0.05) is 41.9 Å². The minimum Gasteiger partial charge on any atom is -0.478 e. The molecule has 1 fully saturated rings. The fraction of sp³-hybridized carbons (Fsp3) is 0.222. The molecule has 8 nitrogen and oxygen atoms in total. The summed E-state index contributed by atoms with van der Waals surface area (Å²) in [6, 6.07) is 24.8. The number of alkyl halides is 3. The molecular weight excluding hydrogens is 537 g/mol. The van der Waals surface area contributed by atoms with Crippen LogP contribution in [0.2, 0.25) is 5.02 Å². The molecule has 12 heteroatoms. The third-order valence-electron chi connectivity index (χ3n) is 5.66. The van der Waals surface area contributed by atoms with Crippen molar-refractivity contribution in [2.24, 2.45) is 4.99 Å². The van der Waals surface area contributed by atoms with E-state index in [0.29, 0.717) is 6.54 Å². The Morgan fingerprint density at radius 2 is 1.44 bits per heavy atom. The van der Waals surface area contributed by atoms with Gasteiger partial charge in [0.15, 0.2) is 5.96 Å². The summed E-state index contributed by atoms with van der Waals surface area (Å²) in [6.45, 7) is 3.93. The largest absolute Gasteiger partial charge is 0.490 e. The number of aliphatic carboxylic acids is 1. The maximum absolute atomic E-state index is 11.1. The van der Waals surface area contributed by atoms with Crippen LogP contribution in [0.15, 0.2) is 83.9 Å². The molecule has 4 rings (SSSR count). The van der Waals surface area contributed by atoms with E-state index in [2.05, 4.69) is 27.2 Å². The standard InChI is InChI=1S/C25H25ClN4O2.C2HF3O2/c26-21-8-12-23(13-9-21)29-14-16-30(17-15-29)25(27-18-19-4-2-1-3-5-19)28-22-10-6-20(7-11-22)24(31)32;3-2(4,5)1(6)7/h1-13H,14-18H2,(H,27,28)(H,31,32);(H,6,7). The number of carboxylic acid groups (broad SMARTS) is 2. The number of hydrogen-bond acceptors (Lipinski definition) is 4. The van der Waals surface area contributed by atoms with Gasteiger partial charge in [0.25, 0.3) is 0 Å². The molecule has 0 aromatic heterocycles. The molecule has 3 aromatic rings. The van der Waals surface area contributed by atoms with Gasteiger partial charge in [0.2, 0.25) is 0 Å². The highest BCUT2D eigenvalue weighted by molar-refractivity contribution is 6.30. The lowest BCUT2D eigenvalue weighted by Crippen LogP contribution is -2.50. The van der Waals surface area contributed by atoms with E-state index in [1.54, 1.807) is 24.3 Å². The number of nitrogens with zero attached hydrogens (tertiary/aromatic N) is 3. The van der Waals surface area contributed by atoms with Gasteiger partial charge in [0.1, 0.15) is 0 Å². The lowest BCUT2D eigenvalue weighted by molar-refractivity contribution is -0.192. The molecule has 0 spiro atoms. The van der Waals surface area contributed by atoms with Crippen LogP contribution in [-0.2, 0) is 11.3 Å². The molecule has 1 heterocycles. The van der Waals surface area contributed by atoms with E-state index in [-0.39, 0.29) is 5.56 Å². The van der Waals surface area contributed by atoms with E-state index in [4.69, 9.17) is 31.6 Å². The minimum absolute atomic E-state index is 0.259. The summed E-state index contributed by atoms with van der Waals surface area (Å²) in [6.07, 6.45) is -5.08. The molecule has 1 saturated heterocycles. The molecule has 1 aliphatic rings. The predicted octanol–water partition coefficient (Wildman–Crippen LogP) is 5.46. The van der Waals surface area contributed by atoms with Crippen molar-refractivity contribution in [3.63, 3.8) is 0 Å². The molecule has 0 radical (unpaired) electrons. The average Bonchev–Trinajstić information content (AvgIpc) is 2.92. The van der Waals surface area contributed by atoms with Crippen molar-refractivity contribution in [3.8, 4) is 0 Å². The Hall–Kier alpha value is -4.25. The summed E-state index contributed by atoms with van der Waals surface area (Å²) >= 11 is 6.02. The topological polar surface area (TPSA) is 105 Å². The fourth-order valence-electron chi connectivity index (χ4n) is 3.62. The summed E-state index contributed by atoms with van der Waals surface area (Å²) in [7, 11) is 0. The number of anilines is 2. The Kier molecular flexibility index (Phi) is 10.2. The van der Waals surface area contributed by atoms with Gasteiger partial charge in [-0.2, -0.15) is 13.2 Å². The number of aliphatic imine (C=N–C) groups is 1. The van der Waals surface area contributed by atoms with Crippen molar-refractivity contribution >= 4 is 40.9 Å². The second-order valence-corrected chi connectivity index (χ2v) is 8.82. The quantitative estimate of drug-likeness (QED) is 0.280. The van der Waals surface area contributed by atoms with E-state index >= 15 is 0 Å². The van der Waals surface area contributed by atoms with E-state index < -0.39 is 18.1 Å². The van der Waals surface area contributed by atoms with E-state index in [0.717, 1.165) is 54.1 Å². The zero-order chi connectivity index (χ0) is 28.4. The van der Waals surface area contributed by atoms with Crippen LogP contribution < -0.4 is 10.2 Å². The Labute approximate surface area is 228 Å². The SMILES string of the molecule is O=C(O)C(F)(F)F.O=C(O)c1ccc(NC(=NCc2ccccc2)N2CCN(c3ccc(Cl)cc3)CC2)cc1. The third-order valence-corrected chi connectivity index (χ3v) is 5.91.